The molecule has 1 aromatic heterocycles. The largest absolute Gasteiger partial charge is 0.494 e. The van der Waals surface area contributed by atoms with E-state index in [1.165, 1.54) is 13.2 Å². The van der Waals surface area contributed by atoms with Gasteiger partial charge in [-0.2, -0.15) is 0 Å². The van der Waals surface area contributed by atoms with Gasteiger partial charge < -0.3 is 10.1 Å². The summed E-state index contributed by atoms with van der Waals surface area (Å²) < 4.78 is 18.4. The van der Waals surface area contributed by atoms with Crippen molar-refractivity contribution in [2.75, 3.05) is 7.11 Å². The van der Waals surface area contributed by atoms with Gasteiger partial charge in [0.25, 0.3) is 0 Å². The molecule has 20 heavy (non-hydrogen) atoms. The van der Waals surface area contributed by atoms with Crippen molar-refractivity contribution in [2.45, 2.75) is 26.4 Å². The number of aromatic nitrogens is 1. The lowest BCUT2D eigenvalue weighted by molar-refractivity contribution is 0.385. The SMILES string of the molecule is COc1cc(C(C)NCc2cccc(C)n2)ccc1F. The molecule has 2 rings (SSSR count). The number of hydrogen-bond donors (Lipinski definition) is 1. The highest BCUT2D eigenvalue weighted by molar-refractivity contribution is 5.32. The Bertz CT molecular complexity index is 586. The molecule has 1 atom stereocenters. The van der Waals surface area contributed by atoms with Crippen LogP contribution in [-0.4, -0.2) is 12.1 Å². The van der Waals surface area contributed by atoms with E-state index in [1.54, 1.807) is 12.1 Å². The van der Waals surface area contributed by atoms with Gasteiger partial charge in [-0.05, 0) is 43.7 Å². The molecule has 4 heteroatoms. The van der Waals surface area contributed by atoms with Crippen LogP contribution in [0.2, 0.25) is 0 Å². The van der Waals surface area contributed by atoms with Crippen molar-refractivity contribution in [1.82, 2.24) is 10.3 Å². The highest BCUT2D eigenvalue weighted by Crippen LogP contribution is 2.22. The van der Waals surface area contributed by atoms with Crippen LogP contribution in [0.4, 0.5) is 4.39 Å². The molecule has 0 aliphatic heterocycles. The van der Waals surface area contributed by atoms with Crippen molar-refractivity contribution in [3.05, 3.63) is 59.2 Å². The normalized spacial score (nSPS) is 12.2. The predicted octanol–water partition coefficient (Wildman–Crippen LogP) is 3.39. The summed E-state index contributed by atoms with van der Waals surface area (Å²) >= 11 is 0. The van der Waals surface area contributed by atoms with E-state index < -0.39 is 0 Å². The molecule has 0 aliphatic carbocycles. The fourth-order valence-electron chi connectivity index (χ4n) is 2.02. The molecule has 0 bridgehead atoms. The molecule has 1 unspecified atom stereocenters. The molecule has 0 saturated carbocycles. The van der Waals surface area contributed by atoms with Gasteiger partial charge in [-0.25, -0.2) is 4.39 Å². The lowest BCUT2D eigenvalue weighted by Gasteiger charge is -2.15. The van der Waals surface area contributed by atoms with Gasteiger partial charge in [0.05, 0.1) is 12.8 Å². The average Bonchev–Trinajstić information content (AvgIpc) is 2.45. The van der Waals surface area contributed by atoms with E-state index in [2.05, 4.69) is 10.3 Å². The van der Waals surface area contributed by atoms with Crippen LogP contribution in [0, 0.1) is 12.7 Å². The van der Waals surface area contributed by atoms with Gasteiger partial charge in [0.1, 0.15) is 0 Å². The molecule has 0 saturated heterocycles. The average molecular weight is 274 g/mol. The zero-order chi connectivity index (χ0) is 14.5. The van der Waals surface area contributed by atoms with Crippen LogP contribution >= 0.6 is 0 Å². The number of rotatable bonds is 5. The molecule has 0 aliphatic rings. The van der Waals surface area contributed by atoms with Crippen molar-refractivity contribution >= 4 is 0 Å². The zero-order valence-corrected chi connectivity index (χ0v) is 12.0. The van der Waals surface area contributed by atoms with Crippen LogP contribution in [0.5, 0.6) is 5.75 Å². The number of aryl methyl sites for hydroxylation is 1. The molecule has 0 fully saturated rings. The van der Waals surface area contributed by atoms with E-state index in [1.807, 2.05) is 32.0 Å². The van der Waals surface area contributed by atoms with Crippen LogP contribution in [0.3, 0.4) is 0 Å². The summed E-state index contributed by atoms with van der Waals surface area (Å²) in [4.78, 5) is 4.44. The molecule has 2 aromatic rings. The molecule has 0 amide bonds. The van der Waals surface area contributed by atoms with Gasteiger partial charge in [-0.1, -0.05) is 12.1 Å². The zero-order valence-electron chi connectivity index (χ0n) is 12.0. The lowest BCUT2D eigenvalue weighted by atomic mass is 10.1. The molecule has 0 spiro atoms. The first-order chi connectivity index (χ1) is 9.60. The molecular weight excluding hydrogens is 255 g/mol. The van der Waals surface area contributed by atoms with Crippen molar-refractivity contribution in [3.63, 3.8) is 0 Å². The fraction of sp³-hybridized carbons (Fsp3) is 0.312. The van der Waals surface area contributed by atoms with Crippen LogP contribution in [0.25, 0.3) is 0 Å². The van der Waals surface area contributed by atoms with E-state index in [-0.39, 0.29) is 17.6 Å². The van der Waals surface area contributed by atoms with Gasteiger partial charge in [-0.3, -0.25) is 4.98 Å². The number of nitrogens with zero attached hydrogens (tertiary/aromatic N) is 1. The minimum absolute atomic E-state index is 0.0896. The minimum Gasteiger partial charge on any atom is -0.494 e. The van der Waals surface area contributed by atoms with Gasteiger partial charge >= 0.3 is 0 Å². The summed E-state index contributed by atoms with van der Waals surface area (Å²) in [6, 6.07) is 10.9. The maximum Gasteiger partial charge on any atom is 0.165 e. The Balaban J connectivity index is 2.03. The topological polar surface area (TPSA) is 34.1 Å². The van der Waals surface area contributed by atoms with E-state index >= 15 is 0 Å². The number of nitrogens with one attached hydrogen (secondary N) is 1. The third-order valence-corrected chi connectivity index (χ3v) is 3.21. The fourth-order valence-corrected chi connectivity index (χ4v) is 2.02. The maximum atomic E-state index is 13.4. The second-order valence-electron chi connectivity index (χ2n) is 4.77. The molecule has 3 nitrogen and oxygen atoms in total. The Hall–Kier alpha value is -1.94. The Labute approximate surface area is 118 Å². The van der Waals surface area contributed by atoms with Crippen LogP contribution in [-0.2, 0) is 6.54 Å². The summed E-state index contributed by atoms with van der Waals surface area (Å²) in [5.41, 5.74) is 2.97. The summed E-state index contributed by atoms with van der Waals surface area (Å²) in [5.74, 6) is -0.0753. The van der Waals surface area contributed by atoms with Crippen LogP contribution in [0.15, 0.2) is 36.4 Å². The third-order valence-electron chi connectivity index (χ3n) is 3.21. The third kappa shape index (κ3) is 3.54. The van der Waals surface area contributed by atoms with E-state index in [0.717, 1.165) is 17.0 Å². The monoisotopic (exact) mass is 274 g/mol. The van der Waals surface area contributed by atoms with Crippen LogP contribution < -0.4 is 10.1 Å². The van der Waals surface area contributed by atoms with E-state index in [9.17, 15) is 4.39 Å². The van der Waals surface area contributed by atoms with Gasteiger partial charge in [0, 0.05) is 18.3 Å². The number of pyridine rings is 1. The lowest BCUT2D eigenvalue weighted by Crippen LogP contribution is -2.19. The number of hydrogen-bond acceptors (Lipinski definition) is 3. The Kier molecular flexibility index (Phi) is 4.69. The predicted molar refractivity (Wildman–Crippen MR) is 77.2 cm³/mol. The minimum atomic E-state index is -0.344. The quantitative estimate of drug-likeness (QED) is 0.907. The summed E-state index contributed by atoms with van der Waals surface area (Å²) in [6.45, 7) is 4.67. The molecule has 1 N–H and O–H groups in total. The van der Waals surface area contributed by atoms with Gasteiger partial charge in [-0.15, -0.1) is 0 Å². The van der Waals surface area contributed by atoms with Crippen molar-refractivity contribution in [1.29, 1.82) is 0 Å². The van der Waals surface area contributed by atoms with E-state index in [0.29, 0.717) is 6.54 Å². The van der Waals surface area contributed by atoms with Crippen molar-refractivity contribution in [3.8, 4) is 5.75 Å². The summed E-state index contributed by atoms with van der Waals surface area (Å²) in [5, 5.41) is 3.37. The Morgan fingerprint density at radius 2 is 2.10 bits per heavy atom. The van der Waals surface area contributed by atoms with E-state index in [4.69, 9.17) is 4.74 Å². The maximum absolute atomic E-state index is 13.4. The first-order valence-electron chi connectivity index (χ1n) is 6.59. The number of benzene rings is 1. The Morgan fingerprint density at radius 3 is 2.80 bits per heavy atom. The number of methoxy groups -OCH3 is 1. The number of ether oxygens (including phenoxy) is 1. The highest BCUT2D eigenvalue weighted by Gasteiger charge is 2.09. The molecule has 1 aromatic carbocycles. The molecule has 1 heterocycles. The smallest absolute Gasteiger partial charge is 0.165 e. The first kappa shape index (κ1) is 14.5. The summed E-state index contributed by atoms with van der Waals surface area (Å²) in [6.07, 6.45) is 0. The van der Waals surface area contributed by atoms with Crippen LogP contribution in [0.1, 0.15) is 29.9 Å². The van der Waals surface area contributed by atoms with Crippen molar-refractivity contribution in [2.24, 2.45) is 0 Å². The summed E-state index contributed by atoms with van der Waals surface area (Å²) in [7, 11) is 1.47. The van der Waals surface area contributed by atoms with Gasteiger partial charge in [0.2, 0.25) is 0 Å². The highest BCUT2D eigenvalue weighted by atomic mass is 19.1. The van der Waals surface area contributed by atoms with Gasteiger partial charge in [0.15, 0.2) is 11.6 Å². The standard InChI is InChI=1S/C16H19FN2O/c1-11-5-4-6-14(19-11)10-18-12(2)13-7-8-15(17)16(9-13)20-3/h4-9,12,18H,10H2,1-3H3. The van der Waals surface area contributed by atoms with Crippen molar-refractivity contribution < 1.29 is 9.13 Å². The Morgan fingerprint density at radius 1 is 1.30 bits per heavy atom. The second-order valence-corrected chi connectivity index (χ2v) is 4.77. The second kappa shape index (κ2) is 6.48. The molecular formula is C16H19FN2O. The molecule has 106 valence electrons. The molecule has 0 radical (unpaired) electrons. The first-order valence-corrected chi connectivity index (χ1v) is 6.59. The number of halogens is 1.